The topological polar surface area (TPSA) is 86.3 Å². The summed E-state index contributed by atoms with van der Waals surface area (Å²) in [5, 5.41) is 16.7. The SMILES string of the molecule is Cc1c(-c2ccccc2)n[nH]c1C(=O)N1CCC(c2ccccc2C(=O)O)C1. The average Bonchev–Trinajstić information content (AvgIpc) is 3.35. The van der Waals surface area contributed by atoms with Gasteiger partial charge in [0.2, 0.25) is 0 Å². The van der Waals surface area contributed by atoms with Gasteiger partial charge in [-0.05, 0) is 25.0 Å². The Labute approximate surface area is 162 Å². The molecule has 142 valence electrons. The molecule has 1 aromatic heterocycles. The second-order valence-electron chi connectivity index (χ2n) is 7.07. The molecular formula is C22H21N3O3. The van der Waals surface area contributed by atoms with Gasteiger partial charge in [0.15, 0.2) is 0 Å². The van der Waals surface area contributed by atoms with Crippen LogP contribution in [0.5, 0.6) is 0 Å². The lowest BCUT2D eigenvalue weighted by Gasteiger charge is -2.17. The zero-order valence-corrected chi connectivity index (χ0v) is 15.6. The van der Waals surface area contributed by atoms with Gasteiger partial charge in [-0.25, -0.2) is 4.79 Å². The van der Waals surface area contributed by atoms with Crippen LogP contribution in [0.1, 0.15) is 44.3 Å². The monoisotopic (exact) mass is 375 g/mol. The molecule has 1 aliphatic rings. The minimum atomic E-state index is -0.933. The Balaban J connectivity index is 1.55. The van der Waals surface area contributed by atoms with Gasteiger partial charge in [-0.1, -0.05) is 48.5 Å². The highest BCUT2D eigenvalue weighted by Gasteiger charge is 2.31. The molecule has 4 rings (SSSR count). The number of likely N-dealkylation sites (tertiary alicyclic amines) is 1. The fraction of sp³-hybridized carbons (Fsp3) is 0.227. The van der Waals surface area contributed by atoms with Gasteiger partial charge in [0.1, 0.15) is 5.69 Å². The van der Waals surface area contributed by atoms with Gasteiger partial charge in [-0.2, -0.15) is 5.10 Å². The van der Waals surface area contributed by atoms with Gasteiger partial charge in [0.05, 0.1) is 11.3 Å². The van der Waals surface area contributed by atoms with Gasteiger partial charge in [0, 0.05) is 30.1 Å². The molecule has 28 heavy (non-hydrogen) atoms. The second kappa shape index (κ2) is 7.31. The van der Waals surface area contributed by atoms with Crippen molar-refractivity contribution in [2.45, 2.75) is 19.3 Å². The Morgan fingerprint density at radius 3 is 2.57 bits per heavy atom. The predicted molar refractivity (Wildman–Crippen MR) is 105 cm³/mol. The maximum atomic E-state index is 13.0. The van der Waals surface area contributed by atoms with Crippen molar-refractivity contribution in [3.8, 4) is 11.3 Å². The van der Waals surface area contributed by atoms with E-state index < -0.39 is 5.97 Å². The molecule has 0 bridgehead atoms. The van der Waals surface area contributed by atoms with Crippen LogP contribution in [0.15, 0.2) is 54.6 Å². The van der Waals surface area contributed by atoms with Crippen LogP contribution in [0, 0.1) is 6.92 Å². The standard InChI is InChI=1S/C22H21N3O3/c1-14-19(15-7-3-2-4-8-15)23-24-20(14)21(26)25-12-11-16(13-25)17-9-5-6-10-18(17)22(27)28/h2-10,16H,11-13H2,1H3,(H,23,24)(H,27,28). The third-order valence-electron chi connectivity index (χ3n) is 5.38. The van der Waals surface area contributed by atoms with Crippen molar-refractivity contribution in [2.24, 2.45) is 0 Å². The minimum Gasteiger partial charge on any atom is -0.478 e. The number of hydrogen-bond donors (Lipinski definition) is 2. The number of amides is 1. The van der Waals surface area contributed by atoms with Crippen molar-refractivity contribution in [3.05, 3.63) is 77.0 Å². The number of aromatic carboxylic acids is 1. The molecule has 0 spiro atoms. The fourth-order valence-electron chi connectivity index (χ4n) is 3.89. The molecule has 1 fully saturated rings. The molecule has 3 aromatic rings. The Morgan fingerprint density at radius 2 is 1.82 bits per heavy atom. The van der Waals surface area contributed by atoms with E-state index in [0.717, 1.165) is 28.8 Å². The molecule has 0 saturated carbocycles. The Kier molecular flexibility index (Phi) is 4.69. The van der Waals surface area contributed by atoms with Crippen molar-refractivity contribution < 1.29 is 14.7 Å². The van der Waals surface area contributed by atoms with Gasteiger partial charge in [-0.15, -0.1) is 0 Å². The number of nitrogens with one attached hydrogen (secondary N) is 1. The Bertz CT molecular complexity index is 1030. The molecule has 6 nitrogen and oxygen atoms in total. The van der Waals surface area contributed by atoms with Crippen molar-refractivity contribution in [2.75, 3.05) is 13.1 Å². The van der Waals surface area contributed by atoms with Crippen LogP contribution in [0.25, 0.3) is 11.3 Å². The van der Waals surface area contributed by atoms with E-state index in [1.807, 2.05) is 49.4 Å². The second-order valence-corrected chi connectivity index (χ2v) is 7.07. The number of carbonyl (C=O) groups is 2. The molecule has 0 radical (unpaired) electrons. The molecule has 1 saturated heterocycles. The Morgan fingerprint density at radius 1 is 1.11 bits per heavy atom. The van der Waals surface area contributed by atoms with E-state index in [9.17, 15) is 14.7 Å². The maximum Gasteiger partial charge on any atom is 0.335 e. The summed E-state index contributed by atoms with van der Waals surface area (Å²) >= 11 is 0. The molecule has 2 aromatic carbocycles. The van der Waals surface area contributed by atoms with Gasteiger partial charge in [0.25, 0.3) is 5.91 Å². The number of carboxylic acid groups (broad SMARTS) is 1. The number of benzene rings is 2. The number of carboxylic acids is 1. The van der Waals surface area contributed by atoms with Crippen LogP contribution in [-0.4, -0.2) is 45.2 Å². The zero-order valence-electron chi connectivity index (χ0n) is 15.6. The molecule has 6 heteroatoms. The number of aromatic nitrogens is 2. The smallest absolute Gasteiger partial charge is 0.335 e. The average molecular weight is 375 g/mol. The summed E-state index contributed by atoms with van der Waals surface area (Å²) in [7, 11) is 0. The van der Waals surface area contributed by atoms with Crippen molar-refractivity contribution in [1.82, 2.24) is 15.1 Å². The summed E-state index contributed by atoms with van der Waals surface area (Å²) in [6, 6.07) is 16.8. The quantitative estimate of drug-likeness (QED) is 0.728. The molecular weight excluding hydrogens is 354 g/mol. The van der Waals surface area contributed by atoms with E-state index in [1.165, 1.54) is 0 Å². The van der Waals surface area contributed by atoms with Crippen LogP contribution in [0.2, 0.25) is 0 Å². The van der Waals surface area contributed by atoms with Crippen LogP contribution < -0.4 is 0 Å². The van der Waals surface area contributed by atoms with E-state index in [0.29, 0.717) is 24.3 Å². The number of nitrogens with zero attached hydrogens (tertiary/aromatic N) is 2. The first-order chi connectivity index (χ1) is 13.6. The minimum absolute atomic E-state index is 0.0214. The molecule has 1 aliphatic heterocycles. The summed E-state index contributed by atoms with van der Waals surface area (Å²) in [6.45, 7) is 2.99. The van der Waals surface area contributed by atoms with E-state index in [1.54, 1.807) is 17.0 Å². The lowest BCUT2D eigenvalue weighted by Crippen LogP contribution is -2.29. The number of aromatic amines is 1. The normalized spacial score (nSPS) is 16.3. The number of hydrogen-bond acceptors (Lipinski definition) is 3. The third-order valence-corrected chi connectivity index (χ3v) is 5.38. The molecule has 1 unspecified atom stereocenters. The Hall–Kier alpha value is -3.41. The largest absolute Gasteiger partial charge is 0.478 e. The number of H-pyrrole nitrogens is 1. The van der Waals surface area contributed by atoms with Crippen molar-refractivity contribution in [1.29, 1.82) is 0 Å². The molecule has 0 aliphatic carbocycles. The highest BCUT2D eigenvalue weighted by Crippen LogP contribution is 2.31. The van der Waals surface area contributed by atoms with Crippen molar-refractivity contribution >= 4 is 11.9 Å². The van der Waals surface area contributed by atoms with E-state index in [4.69, 9.17) is 0 Å². The first-order valence-electron chi connectivity index (χ1n) is 9.28. The molecule has 2 heterocycles. The van der Waals surface area contributed by atoms with Crippen LogP contribution in [0.4, 0.5) is 0 Å². The van der Waals surface area contributed by atoms with Gasteiger partial charge < -0.3 is 10.0 Å². The lowest BCUT2D eigenvalue weighted by molar-refractivity contribution is 0.0695. The summed E-state index contributed by atoms with van der Waals surface area (Å²) in [4.78, 5) is 26.3. The van der Waals surface area contributed by atoms with Crippen LogP contribution in [-0.2, 0) is 0 Å². The zero-order chi connectivity index (χ0) is 19.7. The summed E-state index contributed by atoms with van der Waals surface area (Å²) < 4.78 is 0. The van der Waals surface area contributed by atoms with E-state index in [2.05, 4.69) is 10.2 Å². The molecule has 2 N–H and O–H groups in total. The first-order valence-corrected chi connectivity index (χ1v) is 9.28. The summed E-state index contributed by atoms with van der Waals surface area (Å²) in [6.07, 6.45) is 0.745. The number of rotatable bonds is 4. The molecule has 1 amide bonds. The summed E-state index contributed by atoms with van der Waals surface area (Å²) in [5.74, 6) is -1.01. The highest BCUT2D eigenvalue weighted by molar-refractivity contribution is 5.95. The van der Waals surface area contributed by atoms with Gasteiger partial charge in [-0.3, -0.25) is 9.89 Å². The highest BCUT2D eigenvalue weighted by atomic mass is 16.4. The maximum absolute atomic E-state index is 13.0. The van der Waals surface area contributed by atoms with E-state index >= 15 is 0 Å². The van der Waals surface area contributed by atoms with E-state index in [-0.39, 0.29) is 11.8 Å². The summed E-state index contributed by atoms with van der Waals surface area (Å²) in [5.41, 5.74) is 4.15. The third kappa shape index (κ3) is 3.17. The van der Waals surface area contributed by atoms with Gasteiger partial charge >= 0.3 is 5.97 Å². The van der Waals surface area contributed by atoms with Crippen molar-refractivity contribution in [3.63, 3.8) is 0 Å². The van der Waals surface area contributed by atoms with Crippen LogP contribution >= 0.6 is 0 Å². The fourth-order valence-corrected chi connectivity index (χ4v) is 3.89. The van der Waals surface area contributed by atoms with Crippen LogP contribution in [0.3, 0.4) is 0 Å². The number of carbonyl (C=O) groups excluding carboxylic acids is 1. The first kappa shape index (κ1) is 18.0. The molecule has 1 atom stereocenters. The lowest BCUT2D eigenvalue weighted by atomic mass is 9.93. The predicted octanol–water partition coefficient (Wildman–Crippen LogP) is 3.71.